The molecular formula is C23H23N3O5S. The summed E-state index contributed by atoms with van der Waals surface area (Å²) in [6.07, 6.45) is 6.37. The topological polar surface area (TPSA) is 107 Å². The molecule has 0 aliphatic rings. The summed E-state index contributed by atoms with van der Waals surface area (Å²) in [7, 11) is 2.45. The summed E-state index contributed by atoms with van der Waals surface area (Å²) in [5.41, 5.74) is 1.76. The number of esters is 2. The Morgan fingerprint density at radius 3 is 2.19 bits per heavy atom. The number of amides is 1. The highest BCUT2D eigenvalue weighted by Crippen LogP contribution is 2.22. The van der Waals surface area contributed by atoms with Gasteiger partial charge >= 0.3 is 11.9 Å². The van der Waals surface area contributed by atoms with Crippen molar-refractivity contribution in [1.29, 1.82) is 0 Å². The molecule has 0 fully saturated rings. The minimum absolute atomic E-state index is 0.0970. The molecule has 1 amide bonds. The molecule has 1 aromatic heterocycles. The molecular weight excluding hydrogens is 430 g/mol. The lowest BCUT2D eigenvalue weighted by Gasteiger charge is -2.13. The van der Waals surface area contributed by atoms with Crippen LogP contribution in [0.1, 0.15) is 33.2 Å². The minimum Gasteiger partial charge on any atom is -0.465 e. The van der Waals surface area contributed by atoms with E-state index < -0.39 is 17.8 Å². The van der Waals surface area contributed by atoms with Gasteiger partial charge in [0.2, 0.25) is 0 Å². The number of aliphatic imine (C=N–C) groups is 1. The standard InChI is InChI=1S/C23H23N3O5S/c1-5-19(21(25-6-2)32-14-15-7-9-24-10-8-15)20(27)26-18-12-16(22(28)30-3)11-17(13-18)23(29)31-4/h5-13H,2,14H2,1,3-4H3,(H,26,27)/b19-5-,25-21+. The third kappa shape index (κ3) is 6.64. The summed E-state index contributed by atoms with van der Waals surface area (Å²) >= 11 is 1.37. The number of hydrogen-bond donors (Lipinski definition) is 1. The Morgan fingerprint density at radius 1 is 1.09 bits per heavy atom. The first-order valence-corrected chi connectivity index (χ1v) is 10.4. The second kappa shape index (κ2) is 12.2. The third-order valence-corrected chi connectivity index (χ3v) is 5.21. The average Bonchev–Trinajstić information content (AvgIpc) is 2.82. The Kier molecular flexibility index (Phi) is 9.37. The minimum atomic E-state index is -0.653. The fourth-order valence-corrected chi connectivity index (χ4v) is 3.63. The summed E-state index contributed by atoms with van der Waals surface area (Å²) in [5, 5.41) is 3.17. The van der Waals surface area contributed by atoms with Crippen LogP contribution < -0.4 is 5.32 Å². The number of methoxy groups -OCH3 is 2. The number of carbonyl (C=O) groups is 3. The van der Waals surface area contributed by atoms with E-state index in [-0.39, 0.29) is 16.8 Å². The van der Waals surface area contributed by atoms with Crippen molar-refractivity contribution in [2.24, 2.45) is 4.99 Å². The molecule has 0 radical (unpaired) electrons. The van der Waals surface area contributed by atoms with E-state index in [1.54, 1.807) is 25.4 Å². The normalized spacial score (nSPS) is 11.5. The summed E-state index contributed by atoms with van der Waals surface area (Å²) in [6, 6.07) is 7.91. The van der Waals surface area contributed by atoms with Crippen LogP contribution in [0.3, 0.4) is 0 Å². The van der Waals surface area contributed by atoms with Crippen LogP contribution in [0.2, 0.25) is 0 Å². The van der Waals surface area contributed by atoms with Crippen molar-refractivity contribution in [2.75, 3.05) is 19.5 Å². The second-order valence-corrected chi connectivity index (χ2v) is 7.16. The van der Waals surface area contributed by atoms with Gasteiger partial charge in [-0.3, -0.25) is 9.78 Å². The number of nitrogens with zero attached hydrogens (tertiary/aromatic N) is 2. The highest BCUT2D eigenvalue weighted by molar-refractivity contribution is 8.13. The molecule has 32 heavy (non-hydrogen) atoms. The molecule has 166 valence electrons. The van der Waals surface area contributed by atoms with E-state index in [1.807, 2.05) is 12.1 Å². The smallest absolute Gasteiger partial charge is 0.337 e. The maximum atomic E-state index is 13.0. The predicted octanol–water partition coefficient (Wildman–Crippen LogP) is 4.02. The lowest BCUT2D eigenvalue weighted by atomic mass is 10.1. The van der Waals surface area contributed by atoms with E-state index in [0.29, 0.717) is 16.4 Å². The lowest BCUT2D eigenvalue weighted by Crippen LogP contribution is -2.20. The largest absolute Gasteiger partial charge is 0.465 e. The van der Waals surface area contributed by atoms with Gasteiger partial charge in [-0.05, 0) is 42.8 Å². The number of aromatic nitrogens is 1. The van der Waals surface area contributed by atoms with E-state index >= 15 is 0 Å². The first-order valence-electron chi connectivity index (χ1n) is 9.43. The number of rotatable bonds is 8. The molecule has 0 saturated carbocycles. The van der Waals surface area contributed by atoms with Gasteiger partial charge in [0.1, 0.15) is 5.04 Å². The van der Waals surface area contributed by atoms with Gasteiger partial charge in [0.05, 0.1) is 30.9 Å². The van der Waals surface area contributed by atoms with Gasteiger partial charge < -0.3 is 14.8 Å². The number of allylic oxidation sites excluding steroid dienone is 1. The molecule has 1 N–H and O–H groups in total. The van der Waals surface area contributed by atoms with Crippen molar-refractivity contribution in [3.63, 3.8) is 0 Å². The first-order chi connectivity index (χ1) is 15.4. The Labute approximate surface area is 190 Å². The summed E-state index contributed by atoms with van der Waals surface area (Å²) in [5.74, 6) is -1.20. The zero-order valence-corrected chi connectivity index (χ0v) is 18.8. The number of hydrogen-bond acceptors (Lipinski definition) is 8. The molecule has 9 heteroatoms. The van der Waals surface area contributed by atoms with Crippen LogP contribution in [0.4, 0.5) is 5.69 Å². The summed E-state index contributed by atoms with van der Waals surface area (Å²) in [6.45, 7) is 5.34. The number of thioether (sulfide) groups is 1. The summed E-state index contributed by atoms with van der Waals surface area (Å²) in [4.78, 5) is 45.2. The lowest BCUT2D eigenvalue weighted by molar-refractivity contribution is -0.112. The van der Waals surface area contributed by atoms with Crippen LogP contribution in [-0.4, -0.2) is 42.1 Å². The molecule has 1 aromatic carbocycles. The van der Waals surface area contributed by atoms with E-state index in [9.17, 15) is 14.4 Å². The van der Waals surface area contributed by atoms with Crippen LogP contribution in [-0.2, 0) is 20.0 Å². The molecule has 2 rings (SSSR count). The number of pyridine rings is 1. The predicted molar refractivity (Wildman–Crippen MR) is 125 cm³/mol. The molecule has 0 aliphatic carbocycles. The van der Waals surface area contributed by atoms with Crippen molar-refractivity contribution >= 4 is 40.3 Å². The number of anilines is 1. The monoisotopic (exact) mass is 453 g/mol. The highest BCUT2D eigenvalue weighted by Gasteiger charge is 2.19. The Balaban J connectivity index is 2.29. The molecule has 0 spiro atoms. The summed E-state index contributed by atoms with van der Waals surface area (Å²) < 4.78 is 9.45. The van der Waals surface area contributed by atoms with Crippen LogP contribution in [0, 0.1) is 0 Å². The van der Waals surface area contributed by atoms with Crippen molar-refractivity contribution in [2.45, 2.75) is 12.7 Å². The molecule has 0 aliphatic heterocycles. The maximum Gasteiger partial charge on any atom is 0.337 e. The van der Waals surface area contributed by atoms with Crippen molar-refractivity contribution in [3.8, 4) is 0 Å². The van der Waals surface area contributed by atoms with E-state index in [0.717, 1.165) is 5.56 Å². The van der Waals surface area contributed by atoms with Crippen molar-refractivity contribution in [1.82, 2.24) is 4.98 Å². The van der Waals surface area contributed by atoms with Crippen LogP contribution in [0.5, 0.6) is 0 Å². The molecule has 0 unspecified atom stereocenters. The number of carbonyl (C=O) groups excluding carboxylic acids is 3. The molecule has 8 nitrogen and oxygen atoms in total. The Hall–Kier alpha value is -3.72. The maximum absolute atomic E-state index is 13.0. The number of ether oxygens (including phenoxy) is 2. The van der Waals surface area contributed by atoms with E-state index in [1.165, 1.54) is 50.4 Å². The van der Waals surface area contributed by atoms with E-state index in [2.05, 4.69) is 21.9 Å². The first kappa shape index (κ1) is 24.5. The van der Waals surface area contributed by atoms with Gasteiger partial charge in [-0.25, -0.2) is 14.6 Å². The van der Waals surface area contributed by atoms with Crippen LogP contribution >= 0.6 is 11.8 Å². The SMILES string of the molecule is C=C/N=C(SCc1ccncc1)\C(=C/C)C(=O)Nc1cc(C(=O)OC)cc(C(=O)OC)c1. The number of benzene rings is 1. The van der Waals surface area contributed by atoms with Crippen LogP contribution in [0.25, 0.3) is 0 Å². The molecule has 0 atom stereocenters. The van der Waals surface area contributed by atoms with Crippen molar-refractivity contribution in [3.05, 3.63) is 83.8 Å². The van der Waals surface area contributed by atoms with Gasteiger partial charge in [-0.15, -0.1) is 11.8 Å². The van der Waals surface area contributed by atoms with Gasteiger partial charge in [0, 0.05) is 30.0 Å². The van der Waals surface area contributed by atoms with Gasteiger partial charge in [0.25, 0.3) is 5.91 Å². The van der Waals surface area contributed by atoms with E-state index in [4.69, 9.17) is 9.47 Å². The number of nitrogens with one attached hydrogen (secondary N) is 1. The van der Waals surface area contributed by atoms with Gasteiger partial charge in [-0.2, -0.15) is 0 Å². The molecule has 2 aromatic rings. The fraction of sp³-hybridized carbons (Fsp3) is 0.174. The van der Waals surface area contributed by atoms with Crippen molar-refractivity contribution < 1.29 is 23.9 Å². The Morgan fingerprint density at radius 2 is 1.69 bits per heavy atom. The van der Waals surface area contributed by atoms with Gasteiger partial charge in [-0.1, -0.05) is 12.7 Å². The zero-order chi connectivity index (χ0) is 23.5. The third-order valence-electron chi connectivity index (χ3n) is 4.13. The molecule has 0 saturated heterocycles. The molecule has 0 bridgehead atoms. The molecule has 1 heterocycles. The quantitative estimate of drug-likeness (QED) is 0.278. The zero-order valence-electron chi connectivity index (χ0n) is 18.0. The fourth-order valence-electron chi connectivity index (χ4n) is 2.62. The second-order valence-electron chi connectivity index (χ2n) is 6.20. The Bertz CT molecular complexity index is 1030. The highest BCUT2D eigenvalue weighted by atomic mass is 32.2. The van der Waals surface area contributed by atoms with Crippen LogP contribution in [0.15, 0.2) is 72.1 Å². The van der Waals surface area contributed by atoms with Gasteiger partial charge in [0.15, 0.2) is 0 Å². The average molecular weight is 454 g/mol.